The average molecular weight is 289 g/mol. The molecule has 3 N–H and O–H groups in total. The maximum absolute atomic E-state index is 12.2. The number of anilines is 1. The van der Waals surface area contributed by atoms with Crippen molar-refractivity contribution in [3.8, 4) is 5.75 Å². The molecule has 0 spiro atoms. The fourth-order valence-electron chi connectivity index (χ4n) is 1.94. The molecule has 0 aliphatic heterocycles. The fraction of sp³-hybridized carbons (Fsp3) is 0.357. The molecule has 2 aromatic rings. The summed E-state index contributed by atoms with van der Waals surface area (Å²) < 4.78 is 7.24. The summed E-state index contributed by atoms with van der Waals surface area (Å²) in [6.45, 7) is 5.45. The van der Waals surface area contributed by atoms with E-state index in [1.807, 2.05) is 18.4 Å². The van der Waals surface area contributed by atoms with Crippen molar-refractivity contribution >= 4 is 11.6 Å². The molecular weight excluding hydrogens is 270 g/mol. The number of ether oxygens (including phenoxy) is 1. The van der Waals surface area contributed by atoms with E-state index in [1.165, 1.54) is 0 Å². The third kappa shape index (κ3) is 3.71. The number of carbonyl (C=O) groups is 1. The number of amides is 1. The van der Waals surface area contributed by atoms with E-state index in [0.717, 1.165) is 6.54 Å². The Morgan fingerprint density at radius 3 is 2.90 bits per heavy atom. The van der Waals surface area contributed by atoms with Crippen molar-refractivity contribution < 1.29 is 9.53 Å². The summed E-state index contributed by atoms with van der Waals surface area (Å²) in [6.07, 6.45) is 1.63. The molecule has 7 heteroatoms. The SMILES string of the molecule is CCOc1cc(N)cc(C(=O)NCc2nncn2CC)c1. The molecule has 7 nitrogen and oxygen atoms in total. The molecule has 2 rings (SSSR count). The lowest BCUT2D eigenvalue weighted by Gasteiger charge is -2.09. The zero-order valence-electron chi connectivity index (χ0n) is 12.2. The normalized spacial score (nSPS) is 10.4. The van der Waals surface area contributed by atoms with Gasteiger partial charge in [-0.25, -0.2) is 0 Å². The van der Waals surface area contributed by atoms with E-state index in [2.05, 4.69) is 15.5 Å². The first kappa shape index (κ1) is 14.8. The maximum Gasteiger partial charge on any atom is 0.251 e. The number of hydrogen-bond donors (Lipinski definition) is 2. The Bertz CT molecular complexity index is 624. The van der Waals surface area contributed by atoms with Crippen LogP contribution in [0.1, 0.15) is 30.0 Å². The van der Waals surface area contributed by atoms with E-state index < -0.39 is 0 Å². The zero-order chi connectivity index (χ0) is 15.2. The molecule has 0 bridgehead atoms. The molecule has 0 saturated heterocycles. The maximum atomic E-state index is 12.2. The third-order valence-electron chi connectivity index (χ3n) is 2.95. The first-order valence-corrected chi connectivity index (χ1v) is 6.82. The molecule has 0 radical (unpaired) electrons. The van der Waals surface area contributed by atoms with Crippen LogP contribution in [0.3, 0.4) is 0 Å². The highest BCUT2D eigenvalue weighted by atomic mass is 16.5. The van der Waals surface area contributed by atoms with Gasteiger partial charge in [0.15, 0.2) is 5.82 Å². The molecule has 0 unspecified atom stereocenters. The van der Waals surface area contributed by atoms with Crippen LogP contribution in [0, 0.1) is 0 Å². The van der Waals surface area contributed by atoms with Crippen molar-refractivity contribution in [3.05, 3.63) is 35.9 Å². The van der Waals surface area contributed by atoms with Gasteiger partial charge in [0, 0.05) is 23.9 Å². The Morgan fingerprint density at radius 1 is 1.38 bits per heavy atom. The second-order valence-corrected chi connectivity index (χ2v) is 4.44. The number of benzene rings is 1. The topological polar surface area (TPSA) is 95.1 Å². The molecule has 21 heavy (non-hydrogen) atoms. The van der Waals surface area contributed by atoms with Gasteiger partial charge in [0.2, 0.25) is 0 Å². The van der Waals surface area contributed by atoms with Crippen LogP contribution in [0.15, 0.2) is 24.5 Å². The second kappa shape index (κ2) is 6.74. The molecular formula is C14H19N5O2. The molecule has 0 saturated carbocycles. The van der Waals surface area contributed by atoms with Crippen LogP contribution >= 0.6 is 0 Å². The number of nitrogens with two attached hydrogens (primary N) is 1. The number of nitrogens with zero attached hydrogens (tertiary/aromatic N) is 3. The first-order valence-electron chi connectivity index (χ1n) is 6.82. The minimum absolute atomic E-state index is 0.228. The van der Waals surface area contributed by atoms with Crippen LogP contribution < -0.4 is 15.8 Å². The number of nitrogen functional groups attached to an aromatic ring is 1. The van der Waals surface area contributed by atoms with E-state index in [0.29, 0.717) is 36.0 Å². The lowest BCUT2D eigenvalue weighted by molar-refractivity contribution is 0.0949. The second-order valence-electron chi connectivity index (χ2n) is 4.44. The Kier molecular flexibility index (Phi) is 4.76. The van der Waals surface area contributed by atoms with E-state index in [-0.39, 0.29) is 5.91 Å². The minimum atomic E-state index is -0.228. The summed E-state index contributed by atoms with van der Waals surface area (Å²) in [5.74, 6) is 1.06. The van der Waals surface area contributed by atoms with Gasteiger partial charge in [-0.1, -0.05) is 0 Å². The predicted molar refractivity (Wildman–Crippen MR) is 78.9 cm³/mol. The number of aromatic nitrogens is 3. The highest BCUT2D eigenvalue weighted by molar-refractivity contribution is 5.95. The first-order chi connectivity index (χ1) is 10.1. The van der Waals surface area contributed by atoms with Crippen molar-refractivity contribution in [1.29, 1.82) is 0 Å². The number of nitrogens with one attached hydrogen (secondary N) is 1. The molecule has 1 aromatic carbocycles. The summed E-state index contributed by atoms with van der Waals surface area (Å²) in [7, 11) is 0. The fourth-order valence-corrected chi connectivity index (χ4v) is 1.94. The Balaban J connectivity index is 2.06. The largest absolute Gasteiger partial charge is 0.494 e. The monoisotopic (exact) mass is 289 g/mol. The summed E-state index contributed by atoms with van der Waals surface area (Å²) >= 11 is 0. The van der Waals surface area contributed by atoms with Gasteiger partial charge in [-0.3, -0.25) is 4.79 Å². The van der Waals surface area contributed by atoms with Gasteiger partial charge in [0.25, 0.3) is 5.91 Å². The number of hydrogen-bond acceptors (Lipinski definition) is 5. The van der Waals surface area contributed by atoms with Crippen LogP contribution in [0.25, 0.3) is 0 Å². The standard InChI is InChI=1S/C14H19N5O2/c1-3-19-9-17-18-13(19)8-16-14(20)10-5-11(15)7-12(6-10)21-4-2/h5-7,9H,3-4,8,15H2,1-2H3,(H,16,20). The van der Waals surface area contributed by atoms with Crippen molar-refractivity contribution in [2.75, 3.05) is 12.3 Å². The zero-order valence-corrected chi connectivity index (χ0v) is 12.2. The van der Waals surface area contributed by atoms with Crippen molar-refractivity contribution in [2.45, 2.75) is 26.9 Å². The molecule has 1 aromatic heterocycles. The van der Waals surface area contributed by atoms with Gasteiger partial charge < -0.3 is 20.4 Å². The smallest absolute Gasteiger partial charge is 0.251 e. The van der Waals surface area contributed by atoms with Gasteiger partial charge in [0.05, 0.1) is 13.2 Å². The average Bonchev–Trinajstić information content (AvgIpc) is 2.92. The Morgan fingerprint density at radius 2 is 2.19 bits per heavy atom. The molecule has 0 aliphatic rings. The van der Waals surface area contributed by atoms with E-state index in [1.54, 1.807) is 24.5 Å². The van der Waals surface area contributed by atoms with Crippen LogP contribution in [-0.4, -0.2) is 27.3 Å². The van der Waals surface area contributed by atoms with E-state index in [4.69, 9.17) is 10.5 Å². The van der Waals surface area contributed by atoms with Gasteiger partial charge in [-0.05, 0) is 26.0 Å². The number of aryl methyl sites for hydroxylation is 1. The summed E-state index contributed by atoms with van der Waals surface area (Å²) in [5, 5.41) is 10.6. The van der Waals surface area contributed by atoms with Crippen molar-refractivity contribution in [3.63, 3.8) is 0 Å². The third-order valence-corrected chi connectivity index (χ3v) is 2.95. The molecule has 0 aliphatic carbocycles. The number of rotatable bonds is 6. The quantitative estimate of drug-likeness (QED) is 0.779. The van der Waals surface area contributed by atoms with Crippen LogP contribution in [0.2, 0.25) is 0 Å². The van der Waals surface area contributed by atoms with Crippen LogP contribution in [0.4, 0.5) is 5.69 Å². The lowest BCUT2D eigenvalue weighted by Crippen LogP contribution is -2.24. The Labute approximate surface area is 123 Å². The van der Waals surface area contributed by atoms with Crippen LogP contribution in [-0.2, 0) is 13.1 Å². The minimum Gasteiger partial charge on any atom is -0.494 e. The lowest BCUT2D eigenvalue weighted by atomic mass is 10.1. The molecule has 0 fully saturated rings. The molecule has 1 amide bonds. The van der Waals surface area contributed by atoms with Crippen LogP contribution in [0.5, 0.6) is 5.75 Å². The highest BCUT2D eigenvalue weighted by Crippen LogP contribution is 2.19. The molecule has 0 atom stereocenters. The summed E-state index contributed by atoms with van der Waals surface area (Å²) in [6, 6.07) is 4.97. The van der Waals surface area contributed by atoms with Gasteiger partial charge in [-0.15, -0.1) is 10.2 Å². The van der Waals surface area contributed by atoms with Gasteiger partial charge in [-0.2, -0.15) is 0 Å². The highest BCUT2D eigenvalue weighted by Gasteiger charge is 2.10. The summed E-state index contributed by atoms with van der Waals surface area (Å²) in [4.78, 5) is 12.2. The van der Waals surface area contributed by atoms with Gasteiger partial charge in [0.1, 0.15) is 12.1 Å². The summed E-state index contributed by atoms with van der Waals surface area (Å²) in [5.41, 5.74) is 6.73. The number of carbonyl (C=O) groups excluding carboxylic acids is 1. The van der Waals surface area contributed by atoms with E-state index in [9.17, 15) is 4.79 Å². The Hall–Kier alpha value is -2.57. The predicted octanol–water partition coefficient (Wildman–Crippen LogP) is 1.21. The van der Waals surface area contributed by atoms with Gasteiger partial charge >= 0.3 is 0 Å². The molecule has 112 valence electrons. The van der Waals surface area contributed by atoms with Crippen molar-refractivity contribution in [1.82, 2.24) is 20.1 Å². The molecule has 1 heterocycles. The van der Waals surface area contributed by atoms with E-state index >= 15 is 0 Å². The van der Waals surface area contributed by atoms with Crippen molar-refractivity contribution in [2.24, 2.45) is 0 Å².